The third-order valence-corrected chi connectivity index (χ3v) is 8.13. The zero-order valence-electron chi connectivity index (χ0n) is 22.8. The largest absolute Gasteiger partial charge is 0.476 e. The summed E-state index contributed by atoms with van der Waals surface area (Å²) in [5, 5.41) is 14.3. The number of ether oxygens (including phenoxy) is 2. The van der Waals surface area contributed by atoms with Crippen LogP contribution in [0.4, 0.5) is 5.82 Å². The van der Waals surface area contributed by atoms with E-state index in [1.54, 1.807) is 13.0 Å². The number of carbonyl (C=O) groups excluding carboxylic acids is 1. The first-order chi connectivity index (χ1) is 18.9. The molecule has 3 N–H and O–H groups in total. The Bertz CT molecular complexity index is 1240. The van der Waals surface area contributed by atoms with Gasteiger partial charge in [0, 0.05) is 36.9 Å². The van der Waals surface area contributed by atoms with Crippen LogP contribution in [0.5, 0.6) is 5.88 Å². The topological polar surface area (TPSA) is 149 Å². The Morgan fingerprint density at radius 2 is 2.15 bits per heavy atom. The average Bonchev–Trinajstić information content (AvgIpc) is 3.56. The predicted molar refractivity (Wildman–Crippen MR) is 145 cm³/mol. The molecule has 2 aromatic heterocycles. The van der Waals surface area contributed by atoms with Crippen molar-refractivity contribution in [2.24, 2.45) is 10.7 Å². The fourth-order valence-electron chi connectivity index (χ4n) is 5.95. The number of aromatic nitrogens is 3. The van der Waals surface area contributed by atoms with Gasteiger partial charge in [0.25, 0.3) is 0 Å². The minimum absolute atomic E-state index is 0.127. The molecule has 1 unspecified atom stereocenters. The van der Waals surface area contributed by atoms with Crippen LogP contribution in [0.3, 0.4) is 0 Å². The SMILES string of the molecule is CCOC(O)/C(N)=C/C=N/c1cc(OC[C@@H]2CCCN2C)nc(-c2onc3c2CCC[C@@]32CCCCC2=O)n1. The van der Waals surface area contributed by atoms with Gasteiger partial charge in [-0.25, -0.2) is 9.98 Å². The molecule has 11 heteroatoms. The summed E-state index contributed by atoms with van der Waals surface area (Å²) < 4.78 is 17.1. The average molecular weight is 539 g/mol. The first kappa shape index (κ1) is 27.4. The van der Waals surface area contributed by atoms with E-state index in [1.807, 2.05) is 0 Å². The molecule has 1 aliphatic heterocycles. The van der Waals surface area contributed by atoms with Gasteiger partial charge in [-0.05, 0) is 71.5 Å². The fourth-order valence-corrected chi connectivity index (χ4v) is 5.95. The molecule has 3 aliphatic rings. The number of hydrogen-bond acceptors (Lipinski definition) is 11. The highest BCUT2D eigenvalue weighted by molar-refractivity contribution is 5.91. The number of ketones is 1. The minimum atomic E-state index is -1.21. The molecular formula is C28H38N6O5. The molecule has 1 saturated carbocycles. The molecule has 0 amide bonds. The van der Waals surface area contributed by atoms with Gasteiger partial charge in [0.1, 0.15) is 18.1 Å². The van der Waals surface area contributed by atoms with Gasteiger partial charge in [-0.1, -0.05) is 11.6 Å². The highest BCUT2D eigenvalue weighted by Gasteiger charge is 2.47. The molecule has 3 atom stereocenters. The molecule has 2 fully saturated rings. The van der Waals surface area contributed by atoms with Crippen LogP contribution in [0, 0.1) is 0 Å². The lowest BCUT2D eigenvalue weighted by Crippen LogP contribution is -2.41. The van der Waals surface area contributed by atoms with Crippen LogP contribution in [0.2, 0.25) is 0 Å². The van der Waals surface area contributed by atoms with Gasteiger partial charge in [-0.3, -0.25) is 4.79 Å². The number of hydrogen-bond donors (Lipinski definition) is 2. The molecule has 0 bridgehead atoms. The standard InChI is InChI=1S/C28H38N6O5/c1-3-37-27(36)20(29)11-14-30-22-16-23(38-17-18-8-7-15-34(18)2)32-26(31-22)24-19-9-6-13-28(25(19)33-39-24)12-5-4-10-21(28)35/h11,14,16,18,27,36H,3-10,12-13,15,17,29H2,1-2H3/b20-11-,30-14+/t18-,27?,28+/m0/s1. The van der Waals surface area contributed by atoms with E-state index in [1.165, 1.54) is 12.3 Å². The quantitative estimate of drug-likeness (QED) is 0.360. The maximum atomic E-state index is 13.1. The number of aliphatic imine (C=N–C) groups is 1. The lowest BCUT2D eigenvalue weighted by Gasteiger charge is -2.37. The lowest BCUT2D eigenvalue weighted by molar-refractivity contribution is -0.127. The molecule has 2 aliphatic carbocycles. The smallest absolute Gasteiger partial charge is 0.219 e. The van der Waals surface area contributed by atoms with Gasteiger partial charge in [-0.2, -0.15) is 4.98 Å². The molecule has 0 aromatic carbocycles. The highest BCUT2D eigenvalue weighted by atomic mass is 16.6. The number of likely N-dealkylation sites (tertiary alicyclic amines) is 1. The number of allylic oxidation sites excluding steroid dienone is 1. The van der Waals surface area contributed by atoms with Crippen LogP contribution < -0.4 is 10.5 Å². The number of aliphatic hydroxyl groups is 1. The van der Waals surface area contributed by atoms with Crippen molar-refractivity contribution in [3.8, 4) is 17.5 Å². The Kier molecular flexibility index (Phi) is 8.39. The van der Waals surface area contributed by atoms with Crippen molar-refractivity contribution in [1.29, 1.82) is 0 Å². The molecular weight excluding hydrogens is 500 g/mol. The summed E-state index contributed by atoms with van der Waals surface area (Å²) in [6.45, 7) is 3.64. The van der Waals surface area contributed by atoms with E-state index >= 15 is 0 Å². The van der Waals surface area contributed by atoms with Crippen LogP contribution in [0.15, 0.2) is 27.4 Å². The van der Waals surface area contributed by atoms with E-state index < -0.39 is 11.7 Å². The monoisotopic (exact) mass is 538 g/mol. The van der Waals surface area contributed by atoms with Crippen molar-refractivity contribution in [2.45, 2.75) is 82.5 Å². The lowest BCUT2D eigenvalue weighted by atomic mass is 9.64. The molecule has 39 heavy (non-hydrogen) atoms. The van der Waals surface area contributed by atoms with E-state index in [2.05, 4.69) is 32.1 Å². The molecule has 11 nitrogen and oxygen atoms in total. The Labute approximate surface area is 228 Å². The molecule has 3 heterocycles. The maximum absolute atomic E-state index is 13.1. The van der Waals surface area contributed by atoms with E-state index in [0.29, 0.717) is 49.0 Å². The van der Waals surface area contributed by atoms with Crippen molar-refractivity contribution in [3.05, 3.63) is 29.1 Å². The van der Waals surface area contributed by atoms with Crippen molar-refractivity contribution >= 4 is 17.8 Å². The van der Waals surface area contributed by atoms with Crippen LogP contribution in [-0.2, 0) is 21.4 Å². The summed E-state index contributed by atoms with van der Waals surface area (Å²) in [5.74, 6) is 1.76. The summed E-state index contributed by atoms with van der Waals surface area (Å²) in [7, 11) is 2.10. The predicted octanol–water partition coefficient (Wildman–Crippen LogP) is 3.22. The van der Waals surface area contributed by atoms with E-state index in [0.717, 1.165) is 69.2 Å². The summed E-state index contributed by atoms with van der Waals surface area (Å²) in [4.78, 5) is 29.1. The molecule has 1 saturated heterocycles. The molecule has 1 spiro atoms. The number of nitrogens with two attached hydrogens (primary N) is 1. The number of likely N-dealkylation sites (N-methyl/N-ethyl adjacent to an activating group) is 1. The number of fused-ring (bicyclic) bond motifs is 2. The number of Topliss-reactive ketones (excluding diaryl/α,β-unsaturated/α-hetero) is 1. The van der Waals surface area contributed by atoms with Gasteiger partial charge in [-0.15, -0.1) is 0 Å². The second-order valence-corrected chi connectivity index (χ2v) is 10.6. The first-order valence-electron chi connectivity index (χ1n) is 14.0. The summed E-state index contributed by atoms with van der Waals surface area (Å²) >= 11 is 0. The Morgan fingerprint density at radius 1 is 1.31 bits per heavy atom. The van der Waals surface area contributed by atoms with Crippen molar-refractivity contribution in [1.82, 2.24) is 20.0 Å². The highest BCUT2D eigenvalue weighted by Crippen LogP contribution is 2.47. The molecule has 0 radical (unpaired) electrons. The Morgan fingerprint density at radius 3 is 2.92 bits per heavy atom. The summed E-state index contributed by atoms with van der Waals surface area (Å²) in [6, 6.07) is 1.97. The van der Waals surface area contributed by atoms with Crippen LogP contribution in [0.1, 0.15) is 69.5 Å². The maximum Gasteiger partial charge on any atom is 0.219 e. The van der Waals surface area contributed by atoms with Crippen molar-refractivity contribution in [2.75, 3.05) is 26.8 Å². The molecule has 2 aromatic rings. The number of aliphatic hydroxyl groups excluding tert-OH is 1. The zero-order valence-corrected chi connectivity index (χ0v) is 22.8. The summed E-state index contributed by atoms with van der Waals surface area (Å²) in [6.07, 6.45) is 9.68. The van der Waals surface area contributed by atoms with Gasteiger partial charge >= 0.3 is 0 Å². The van der Waals surface area contributed by atoms with Crippen molar-refractivity contribution < 1.29 is 23.9 Å². The van der Waals surface area contributed by atoms with Crippen LogP contribution in [0.25, 0.3) is 11.6 Å². The second-order valence-electron chi connectivity index (χ2n) is 10.6. The third kappa shape index (κ3) is 5.75. The van der Waals surface area contributed by atoms with Gasteiger partial charge in [0.15, 0.2) is 12.1 Å². The van der Waals surface area contributed by atoms with Gasteiger partial charge in [0.05, 0.1) is 11.1 Å². The first-order valence-corrected chi connectivity index (χ1v) is 14.0. The Balaban J connectivity index is 1.47. The second kappa shape index (κ2) is 11.9. The zero-order chi connectivity index (χ0) is 27.4. The summed E-state index contributed by atoms with van der Waals surface area (Å²) in [5.41, 5.74) is 7.10. The van der Waals surface area contributed by atoms with E-state index in [9.17, 15) is 9.90 Å². The van der Waals surface area contributed by atoms with Crippen LogP contribution in [-0.4, -0.2) is 76.3 Å². The fraction of sp³-hybridized carbons (Fsp3) is 0.607. The number of nitrogens with zero attached hydrogens (tertiary/aromatic N) is 5. The van der Waals surface area contributed by atoms with E-state index in [4.69, 9.17) is 19.7 Å². The minimum Gasteiger partial charge on any atom is -0.476 e. The van der Waals surface area contributed by atoms with Gasteiger partial charge in [0.2, 0.25) is 17.5 Å². The van der Waals surface area contributed by atoms with E-state index in [-0.39, 0.29) is 11.5 Å². The normalized spacial score (nSPS) is 24.9. The Hall–Kier alpha value is -3.15. The van der Waals surface area contributed by atoms with Crippen LogP contribution >= 0.6 is 0 Å². The number of carbonyl (C=O) groups is 1. The van der Waals surface area contributed by atoms with Gasteiger partial charge < -0.3 is 29.7 Å². The third-order valence-electron chi connectivity index (χ3n) is 8.13. The number of rotatable bonds is 9. The molecule has 210 valence electrons. The molecule has 5 rings (SSSR count). The van der Waals surface area contributed by atoms with Crippen molar-refractivity contribution in [3.63, 3.8) is 0 Å².